The minimum Gasteiger partial charge on any atom is -0.344 e. The number of nitrogens with zero attached hydrogens (tertiary/aromatic N) is 1. The Hall–Kier alpha value is -3.15. The maximum Gasteiger partial charge on any atom is 0.251 e. The first-order chi connectivity index (χ1) is 14.6. The van der Waals surface area contributed by atoms with E-state index < -0.39 is 6.04 Å². The molecule has 0 fully saturated rings. The van der Waals surface area contributed by atoms with Crippen LogP contribution in [0.3, 0.4) is 0 Å². The average Bonchev–Trinajstić information content (AvgIpc) is 3.14. The average molecular weight is 421 g/mol. The minimum absolute atomic E-state index is 0.0185. The predicted octanol–water partition coefficient (Wildman–Crippen LogP) is 4.49. The van der Waals surface area contributed by atoms with Gasteiger partial charge in [-0.3, -0.25) is 9.59 Å². The van der Waals surface area contributed by atoms with Crippen molar-refractivity contribution in [3.8, 4) is 0 Å². The molecule has 1 aromatic heterocycles. The Kier molecular flexibility index (Phi) is 6.48. The number of fused-ring (bicyclic) bond motifs is 1. The van der Waals surface area contributed by atoms with Crippen LogP contribution in [-0.4, -0.2) is 27.8 Å². The zero-order chi connectivity index (χ0) is 22.8. The zero-order valence-corrected chi connectivity index (χ0v) is 19.1. The lowest BCUT2D eigenvalue weighted by molar-refractivity contribution is -0.123. The highest BCUT2D eigenvalue weighted by atomic mass is 16.2. The van der Waals surface area contributed by atoms with Gasteiger partial charge in [0.2, 0.25) is 5.91 Å². The van der Waals surface area contributed by atoms with Crippen LogP contribution in [-0.2, 0) is 10.2 Å². The quantitative estimate of drug-likeness (QED) is 0.549. The maximum absolute atomic E-state index is 12.8. The largest absolute Gasteiger partial charge is 0.344 e. The fourth-order valence-electron chi connectivity index (χ4n) is 3.42. The summed E-state index contributed by atoms with van der Waals surface area (Å²) in [5.74, 6) is 0.310. The zero-order valence-electron chi connectivity index (χ0n) is 19.1. The van der Waals surface area contributed by atoms with Gasteiger partial charge in [-0.25, -0.2) is 4.98 Å². The van der Waals surface area contributed by atoms with Crippen LogP contribution in [0.1, 0.15) is 69.3 Å². The molecule has 3 N–H and O–H groups in total. The molecule has 2 amide bonds. The molecule has 31 heavy (non-hydrogen) atoms. The van der Waals surface area contributed by atoms with Gasteiger partial charge >= 0.3 is 0 Å². The molecule has 0 radical (unpaired) electrons. The molecule has 6 heteroatoms. The molecule has 0 aliphatic carbocycles. The second-order valence-electron chi connectivity index (χ2n) is 9.39. The second kappa shape index (κ2) is 8.92. The fourth-order valence-corrected chi connectivity index (χ4v) is 3.42. The normalized spacial score (nSPS) is 13.8. The summed E-state index contributed by atoms with van der Waals surface area (Å²) in [7, 11) is 0. The summed E-state index contributed by atoms with van der Waals surface area (Å²) in [4.78, 5) is 33.4. The van der Waals surface area contributed by atoms with Crippen molar-refractivity contribution in [3.05, 3.63) is 65.5 Å². The molecular formula is C25H32N4O2. The predicted molar refractivity (Wildman–Crippen MR) is 124 cm³/mol. The highest BCUT2D eigenvalue weighted by molar-refractivity contribution is 5.97. The molecule has 164 valence electrons. The third kappa shape index (κ3) is 5.32. The number of carbonyl (C=O) groups excluding carboxylic acids is 2. The Morgan fingerprint density at radius 3 is 2.16 bits per heavy atom. The van der Waals surface area contributed by atoms with Crippen LogP contribution in [0, 0.1) is 5.92 Å². The number of benzene rings is 2. The number of carbonyl (C=O) groups is 2. The van der Waals surface area contributed by atoms with Crippen LogP contribution in [0.15, 0.2) is 48.5 Å². The van der Waals surface area contributed by atoms with Crippen LogP contribution in [0.4, 0.5) is 0 Å². The number of rotatable bonds is 6. The Labute approximate surface area is 183 Å². The van der Waals surface area contributed by atoms with E-state index in [1.807, 2.05) is 50.2 Å². The van der Waals surface area contributed by atoms with Gasteiger partial charge in [0.25, 0.3) is 5.91 Å². The third-order valence-corrected chi connectivity index (χ3v) is 5.42. The number of aromatic nitrogens is 2. The topological polar surface area (TPSA) is 86.9 Å². The van der Waals surface area contributed by atoms with E-state index >= 15 is 0 Å². The van der Waals surface area contributed by atoms with Gasteiger partial charge in [-0.2, -0.15) is 0 Å². The van der Waals surface area contributed by atoms with Crippen molar-refractivity contribution in [1.29, 1.82) is 0 Å². The van der Waals surface area contributed by atoms with Crippen LogP contribution in [0.5, 0.6) is 0 Å². The SMILES string of the molecule is CC(NC(=O)c1ccc(C(C)(C)C)cc1)C(=O)NC(c1nc2ccccc2[nH]1)C(C)C. The van der Waals surface area contributed by atoms with Crippen molar-refractivity contribution in [1.82, 2.24) is 20.6 Å². The van der Waals surface area contributed by atoms with E-state index in [1.54, 1.807) is 19.1 Å². The van der Waals surface area contributed by atoms with Gasteiger partial charge in [-0.05, 0) is 48.1 Å². The van der Waals surface area contributed by atoms with Gasteiger partial charge in [0.05, 0.1) is 17.1 Å². The van der Waals surface area contributed by atoms with E-state index in [0.29, 0.717) is 11.4 Å². The monoisotopic (exact) mass is 420 g/mol. The third-order valence-electron chi connectivity index (χ3n) is 5.42. The summed E-state index contributed by atoms with van der Waals surface area (Å²) in [5, 5.41) is 5.83. The number of nitrogens with one attached hydrogen (secondary N) is 3. The van der Waals surface area contributed by atoms with Gasteiger partial charge in [0, 0.05) is 5.56 Å². The molecule has 0 saturated heterocycles. The molecule has 6 nitrogen and oxygen atoms in total. The van der Waals surface area contributed by atoms with Gasteiger partial charge in [-0.15, -0.1) is 0 Å². The number of H-pyrrole nitrogens is 1. The van der Waals surface area contributed by atoms with E-state index in [2.05, 4.69) is 41.4 Å². The van der Waals surface area contributed by atoms with Crippen LogP contribution >= 0.6 is 0 Å². The minimum atomic E-state index is -0.680. The summed E-state index contributed by atoms with van der Waals surface area (Å²) in [6.07, 6.45) is 0. The smallest absolute Gasteiger partial charge is 0.251 e. The second-order valence-corrected chi connectivity index (χ2v) is 9.39. The Morgan fingerprint density at radius 2 is 1.58 bits per heavy atom. The molecule has 0 saturated carbocycles. The van der Waals surface area contributed by atoms with Gasteiger partial charge in [0.1, 0.15) is 11.9 Å². The first-order valence-corrected chi connectivity index (χ1v) is 10.7. The van der Waals surface area contributed by atoms with Crippen LogP contribution in [0.2, 0.25) is 0 Å². The fraction of sp³-hybridized carbons (Fsp3) is 0.400. The number of hydrogen-bond donors (Lipinski definition) is 3. The van der Waals surface area contributed by atoms with E-state index in [9.17, 15) is 9.59 Å². The van der Waals surface area contributed by atoms with Crippen LogP contribution < -0.4 is 10.6 Å². The molecule has 0 aliphatic heterocycles. The summed E-state index contributed by atoms with van der Waals surface area (Å²) in [6.45, 7) is 12.1. The van der Waals surface area contributed by atoms with Gasteiger partial charge < -0.3 is 15.6 Å². The highest BCUT2D eigenvalue weighted by Gasteiger charge is 2.25. The van der Waals surface area contributed by atoms with E-state index in [1.165, 1.54) is 0 Å². The highest BCUT2D eigenvalue weighted by Crippen LogP contribution is 2.23. The number of para-hydroxylation sites is 2. The number of hydrogen-bond acceptors (Lipinski definition) is 3. The van der Waals surface area contributed by atoms with Gasteiger partial charge in [-0.1, -0.05) is 58.9 Å². The first-order valence-electron chi connectivity index (χ1n) is 10.7. The molecule has 0 bridgehead atoms. The standard InChI is InChI=1S/C25H32N4O2/c1-15(2)21(22-27-19-9-7-8-10-20(19)28-22)29-23(30)16(3)26-24(31)17-11-13-18(14-12-17)25(4,5)6/h7-16,21H,1-6H3,(H,26,31)(H,27,28)(H,29,30). The summed E-state index contributed by atoms with van der Waals surface area (Å²) >= 11 is 0. The number of imidazole rings is 1. The molecule has 3 rings (SSSR count). The molecule has 2 unspecified atom stereocenters. The number of amides is 2. The van der Waals surface area contributed by atoms with Crippen molar-refractivity contribution in [2.75, 3.05) is 0 Å². The summed E-state index contributed by atoms with van der Waals surface area (Å²) in [6, 6.07) is 14.3. The van der Waals surface area contributed by atoms with Crippen molar-refractivity contribution < 1.29 is 9.59 Å². The lowest BCUT2D eigenvalue weighted by Crippen LogP contribution is -2.46. The molecule has 3 aromatic rings. The molecular weight excluding hydrogens is 388 g/mol. The Balaban J connectivity index is 1.67. The number of aromatic amines is 1. The maximum atomic E-state index is 12.8. The first kappa shape index (κ1) is 22.5. The molecule has 2 atom stereocenters. The summed E-state index contributed by atoms with van der Waals surface area (Å²) in [5.41, 5.74) is 3.49. The van der Waals surface area contributed by atoms with Crippen molar-refractivity contribution in [3.63, 3.8) is 0 Å². The van der Waals surface area contributed by atoms with Crippen molar-refractivity contribution in [2.24, 2.45) is 5.92 Å². The lowest BCUT2D eigenvalue weighted by Gasteiger charge is -2.23. The van der Waals surface area contributed by atoms with Crippen LogP contribution in [0.25, 0.3) is 11.0 Å². The van der Waals surface area contributed by atoms with E-state index in [4.69, 9.17) is 0 Å². The Morgan fingerprint density at radius 1 is 0.935 bits per heavy atom. The van der Waals surface area contributed by atoms with E-state index in [-0.39, 0.29) is 29.2 Å². The Bertz CT molecular complexity index is 1030. The summed E-state index contributed by atoms with van der Waals surface area (Å²) < 4.78 is 0. The van der Waals surface area contributed by atoms with Crippen molar-refractivity contribution >= 4 is 22.8 Å². The van der Waals surface area contributed by atoms with E-state index in [0.717, 1.165) is 16.6 Å². The van der Waals surface area contributed by atoms with Gasteiger partial charge in [0.15, 0.2) is 0 Å². The molecule has 2 aromatic carbocycles. The molecule has 0 spiro atoms. The molecule has 1 heterocycles. The van der Waals surface area contributed by atoms with Crippen molar-refractivity contribution in [2.45, 2.75) is 59.0 Å². The molecule has 0 aliphatic rings. The lowest BCUT2D eigenvalue weighted by atomic mass is 9.86.